The van der Waals surface area contributed by atoms with Gasteiger partial charge in [0.2, 0.25) is 0 Å². The molecule has 0 spiro atoms. The van der Waals surface area contributed by atoms with Crippen LogP contribution >= 0.6 is 0 Å². The SMILES string of the molecule is CC1=C(C(C)(C)C)[CH]([Zr]([CH3])([CH3])(=[SiH2])[CH]2C(C(C)(C)C)=C(C)c3c(-c4c5ccccc5cc5ccccc45)ccc(-c4c5ccccc5cc5ccccc45)c32)c2c(-c3c4ccccc4cc4ccccc34)ccc(-c3c4ccccc4cc4ccccc34)c21. The Morgan fingerprint density at radius 3 is 0.682 bits per heavy atom. The van der Waals surface area contributed by atoms with E-state index in [2.05, 4.69) is 314 Å². The minimum atomic E-state index is -4.97. The van der Waals surface area contributed by atoms with Crippen LogP contribution in [-0.4, -0.2) is 6.88 Å². The third-order valence-corrected chi connectivity index (χ3v) is 37.9. The molecule has 88 heavy (non-hydrogen) atoms. The zero-order chi connectivity index (χ0) is 60.4. The molecule has 2 aliphatic carbocycles. The van der Waals surface area contributed by atoms with Crippen molar-refractivity contribution >= 4 is 104 Å². The van der Waals surface area contributed by atoms with Crippen molar-refractivity contribution in [3.63, 3.8) is 0 Å². The first-order chi connectivity index (χ1) is 42.4. The van der Waals surface area contributed by atoms with Crippen LogP contribution in [0.15, 0.2) is 254 Å². The Kier molecular flexibility index (Phi) is 12.3. The number of hydrogen-bond donors (Lipinski definition) is 0. The molecule has 0 nitrogen and oxygen atoms in total. The number of fused-ring (bicyclic) bond motifs is 10. The van der Waals surface area contributed by atoms with Gasteiger partial charge in [0.05, 0.1) is 0 Å². The number of allylic oxidation sites excluding steroid dienone is 4. The zero-order valence-electron chi connectivity index (χ0n) is 52.5. The van der Waals surface area contributed by atoms with Gasteiger partial charge in [-0.15, -0.1) is 0 Å². The molecule has 0 saturated heterocycles. The second-order valence-corrected chi connectivity index (χ2v) is 59.5. The van der Waals surface area contributed by atoms with Crippen molar-refractivity contribution in [2.24, 2.45) is 10.8 Å². The van der Waals surface area contributed by atoms with Crippen molar-refractivity contribution in [3.8, 4) is 44.5 Å². The fraction of sp³-hybridized carbons (Fsp3) is 0.163. The van der Waals surface area contributed by atoms with Gasteiger partial charge in [0.15, 0.2) is 0 Å². The third kappa shape index (κ3) is 8.10. The molecule has 0 N–H and O–H groups in total. The molecule has 2 atom stereocenters. The topological polar surface area (TPSA) is 0 Å². The molecule has 2 unspecified atom stereocenters. The number of benzene rings is 14. The zero-order valence-corrected chi connectivity index (χ0v) is 56.3. The summed E-state index contributed by atoms with van der Waals surface area (Å²) in [5.41, 5.74) is 22.5. The minimum absolute atomic E-state index is 0.129. The van der Waals surface area contributed by atoms with Gasteiger partial charge in [-0.3, -0.25) is 0 Å². The van der Waals surface area contributed by atoms with E-state index in [1.54, 1.807) is 11.1 Å². The summed E-state index contributed by atoms with van der Waals surface area (Å²) in [6.45, 7) is 22.9. The summed E-state index contributed by atoms with van der Waals surface area (Å²) in [5, 5.41) is 20.6. The van der Waals surface area contributed by atoms with Crippen LogP contribution in [0.1, 0.15) is 84.9 Å². The van der Waals surface area contributed by atoms with E-state index >= 15 is 0 Å². The van der Waals surface area contributed by atoms with Gasteiger partial charge in [0.25, 0.3) is 0 Å². The fourth-order valence-corrected chi connectivity index (χ4v) is 37.4. The third-order valence-electron chi connectivity index (χ3n) is 20.9. The van der Waals surface area contributed by atoms with Crippen LogP contribution in [0.5, 0.6) is 0 Å². The molecule has 0 radical (unpaired) electrons. The Bertz CT molecular complexity index is 4970. The Morgan fingerprint density at radius 2 is 0.466 bits per heavy atom. The van der Waals surface area contributed by atoms with E-state index in [1.807, 2.05) is 0 Å². The molecule has 16 rings (SSSR count). The fourth-order valence-electron chi connectivity index (χ4n) is 17.8. The first-order valence-electron chi connectivity index (χ1n) is 31.8. The van der Waals surface area contributed by atoms with Crippen molar-refractivity contribution in [3.05, 3.63) is 276 Å². The second-order valence-electron chi connectivity index (χ2n) is 29.1. The predicted molar refractivity (Wildman–Crippen MR) is 385 cm³/mol. The van der Waals surface area contributed by atoms with Crippen molar-refractivity contribution in [2.45, 2.75) is 71.9 Å². The monoisotopic (exact) mass is 1220 g/mol. The van der Waals surface area contributed by atoms with E-state index in [0.717, 1.165) is 0 Å². The van der Waals surface area contributed by atoms with Crippen molar-refractivity contribution in [1.29, 1.82) is 0 Å². The molecule has 0 saturated carbocycles. The second kappa shape index (κ2) is 19.6. The van der Waals surface area contributed by atoms with Crippen LogP contribution in [0.25, 0.3) is 142 Å². The quantitative estimate of drug-likeness (QED) is 0.115. The van der Waals surface area contributed by atoms with Gasteiger partial charge in [-0.25, -0.2) is 0 Å². The average molecular weight is 1230 g/mol. The van der Waals surface area contributed by atoms with Crippen LogP contribution in [-0.2, 0) is 17.4 Å². The molecular weight excluding hydrogens is 1150 g/mol. The number of rotatable bonds is 6. The van der Waals surface area contributed by atoms with Crippen LogP contribution < -0.4 is 0 Å². The van der Waals surface area contributed by atoms with Crippen molar-refractivity contribution < 1.29 is 17.4 Å². The summed E-state index contributed by atoms with van der Waals surface area (Å²) in [4.78, 5) is 0. The first kappa shape index (κ1) is 55.1. The Balaban J connectivity index is 1.10. The molecule has 0 aliphatic heterocycles. The molecular formula is C86H74SiZr. The van der Waals surface area contributed by atoms with E-state index in [9.17, 15) is 0 Å². The van der Waals surface area contributed by atoms with Crippen LogP contribution in [0.3, 0.4) is 0 Å². The van der Waals surface area contributed by atoms with Gasteiger partial charge in [-0.2, -0.15) is 0 Å². The van der Waals surface area contributed by atoms with Gasteiger partial charge in [-0.05, 0) is 0 Å². The van der Waals surface area contributed by atoms with Crippen molar-refractivity contribution in [1.82, 2.24) is 0 Å². The average Bonchev–Trinajstić information content (AvgIpc) is 1.47. The Morgan fingerprint density at radius 1 is 0.273 bits per heavy atom. The van der Waals surface area contributed by atoms with Gasteiger partial charge in [0.1, 0.15) is 0 Å². The normalized spacial score (nSPS) is 15.8. The summed E-state index contributed by atoms with van der Waals surface area (Å²) in [6.07, 6.45) is 0. The van der Waals surface area contributed by atoms with E-state index in [-0.39, 0.29) is 18.1 Å². The molecule has 2 aliphatic rings. The van der Waals surface area contributed by atoms with Crippen molar-refractivity contribution in [2.75, 3.05) is 0 Å². The van der Waals surface area contributed by atoms with Gasteiger partial charge < -0.3 is 0 Å². The Hall–Kier alpha value is -8.26. The summed E-state index contributed by atoms with van der Waals surface area (Å²) in [6, 6.07) is 93.5. The first-order valence-corrected chi connectivity index (χ1v) is 45.5. The molecule has 0 fully saturated rings. The predicted octanol–water partition coefficient (Wildman–Crippen LogP) is 24.4. The van der Waals surface area contributed by atoms with E-state index in [0.29, 0.717) is 0 Å². The van der Waals surface area contributed by atoms with Crippen LogP contribution in [0, 0.1) is 10.8 Å². The summed E-state index contributed by atoms with van der Waals surface area (Å²) >= 11 is -4.97. The molecule has 2 heteroatoms. The molecule has 0 amide bonds. The standard InChI is InChI=1S/2C42H33.2CH3.H2Si.Zr/c2*1-26-38(42(2,3)4)25-37-35(40-31-17-9-5-13-27(31)23-28-14-6-10-18-32(28)40)21-22-36(39(26)37)41-33-19-11-7-15-29(33)24-30-16-8-12-20-34(30)41;;;;/h2*5-25H,1-4H3;2*1H3;1H2;. The maximum atomic E-state index is 2.94. The van der Waals surface area contributed by atoms with E-state index in [1.165, 1.54) is 164 Å². The maximum absolute atomic E-state index is 4.97. The molecule has 426 valence electrons. The van der Waals surface area contributed by atoms with Crippen LogP contribution in [0.2, 0.25) is 9.26 Å². The molecule has 0 aromatic heterocycles. The molecule has 14 aromatic rings. The molecule has 14 aromatic carbocycles. The summed E-state index contributed by atoms with van der Waals surface area (Å²) < 4.78 is 6.13. The van der Waals surface area contributed by atoms with Gasteiger partial charge in [-0.1, -0.05) is 0 Å². The van der Waals surface area contributed by atoms with E-state index < -0.39 is 17.4 Å². The molecule has 0 heterocycles. The summed E-state index contributed by atoms with van der Waals surface area (Å²) in [5.74, 6) is 0. The molecule has 0 bridgehead atoms. The Labute approximate surface area is 520 Å². The van der Waals surface area contributed by atoms with Gasteiger partial charge in [0, 0.05) is 0 Å². The van der Waals surface area contributed by atoms with E-state index in [4.69, 9.17) is 0 Å². The number of hydrogen-bond acceptors (Lipinski definition) is 0. The summed E-state index contributed by atoms with van der Waals surface area (Å²) in [7, 11) is 0. The van der Waals surface area contributed by atoms with Gasteiger partial charge >= 0.3 is 525 Å². The van der Waals surface area contributed by atoms with Crippen LogP contribution in [0.4, 0.5) is 0 Å².